The van der Waals surface area contributed by atoms with E-state index in [1.807, 2.05) is 25.1 Å². The van der Waals surface area contributed by atoms with E-state index in [1.165, 1.54) is 12.7 Å². The van der Waals surface area contributed by atoms with Crippen LogP contribution in [0.25, 0.3) is 0 Å². The van der Waals surface area contributed by atoms with Gasteiger partial charge in [-0.15, -0.1) is 0 Å². The summed E-state index contributed by atoms with van der Waals surface area (Å²) in [4.78, 5) is 10.9. The van der Waals surface area contributed by atoms with Gasteiger partial charge < -0.3 is 19.3 Å². The SMILES string of the molecule is CCOc1ccccc1CN1C[C@@H]2CC[C@@](O)(c3cnc(OC)nc3OC)[C@@H]2C1. The molecule has 2 aliphatic rings. The van der Waals surface area contributed by atoms with Gasteiger partial charge in [0.15, 0.2) is 0 Å². The van der Waals surface area contributed by atoms with E-state index in [1.54, 1.807) is 13.3 Å². The zero-order valence-corrected chi connectivity index (χ0v) is 17.3. The molecule has 1 N–H and O–H groups in total. The van der Waals surface area contributed by atoms with Crippen molar-refractivity contribution in [3.63, 3.8) is 0 Å². The van der Waals surface area contributed by atoms with Gasteiger partial charge in [-0.25, -0.2) is 4.98 Å². The Kier molecular flexibility index (Phi) is 5.61. The second-order valence-electron chi connectivity index (χ2n) is 7.84. The van der Waals surface area contributed by atoms with Gasteiger partial charge in [-0.3, -0.25) is 4.90 Å². The number of rotatable bonds is 7. The highest BCUT2D eigenvalue weighted by atomic mass is 16.5. The summed E-state index contributed by atoms with van der Waals surface area (Å²) in [7, 11) is 3.08. The first-order valence-electron chi connectivity index (χ1n) is 10.2. The Morgan fingerprint density at radius 3 is 2.79 bits per heavy atom. The molecular weight excluding hydrogens is 370 g/mol. The van der Waals surface area contributed by atoms with Crippen molar-refractivity contribution in [2.45, 2.75) is 31.9 Å². The van der Waals surface area contributed by atoms with Gasteiger partial charge in [-0.05, 0) is 31.7 Å². The Hall–Kier alpha value is -2.38. The average Bonchev–Trinajstić information content (AvgIpc) is 3.29. The summed E-state index contributed by atoms with van der Waals surface area (Å²) >= 11 is 0. The van der Waals surface area contributed by atoms with Gasteiger partial charge in [0, 0.05) is 37.3 Å². The molecule has 7 nitrogen and oxygen atoms in total. The van der Waals surface area contributed by atoms with Crippen LogP contribution < -0.4 is 14.2 Å². The van der Waals surface area contributed by atoms with Gasteiger partial charge in [0.2, 0.25) is 5.88 Å². The van der Waals surface area contributed by atoms with Crippen molar-refractivity contribution in [1.29, 1.82) is 0 Å². The number of hydrogen-bond acceptors (Lipinski definition) is 7. The van der Waals surface area contributed by atoms with E-state index in [-0.39, 0.29) is 11.9 Å². The standard InChI is InChI=1S/C22H29N3O4/c1-4-29-19-8-6-5-7-16(19)13-25-12-15-9-10-22(26,18(15)14-25)17-11-23-21(28-3)24-20(17)27-2/h5-8,11,15,18,26H,4,9-10,12-14H2,1-3H3/t15-,18+,22+/m0/s1. The number of nitrogens with zero attached hydrogens (tertiary/aromatic N) is 3. The number of aliphatic hydroxyl groups is 1. The third-order valence-electron chi connectivity index (χ3n) is 6.27. The molecule has 0 amide bonds. The number of aromatic nitrogens is 2. The highest BCUT2D eigenvalue weighted by Crippen LogP contribution is 2.52. The monoisotopic (exact) mass is 399 g/mol. The Morgan fingerprint density at radius 1 is 1.21 bits per heavy atom. The fourth-order valence-electron chi connectivity index (χ4n) is 4.92. The molecule has 2 aromatic rings. The van der Waals surface area contributed by atoms with Crippen molar-refractivity contribution in [1.82, 2.24) is 14.9 Å². The second kappa shape index (κ2) is 8.16. The van der Waals surface area contributed by atoms with Crippen LogP contribution in [-0.4, -0.2) is 53.9 Å². The van der Waals surface area contributed by atoms with E-state index >= 15 is 0 Å². The van der Waals surface area contributed by atoms with Crippen LogP contribution in [0.15, 0.2) is 30.5 Å². The summed E-state index contributed by atoms with van der Waals surface area (Å²) in [6, 6.07) is 8.42. The van der Waals surface area contributed by atoms with Crippen LogP contribution in [-0.2, 0) is 12.1 Å². The Bertz CT molecular complexity index is 862. The molecule has 1 aliphatic carbocycles. The average molecular weight is 399 g/mol. The lowest BCUT2D eigenvalue weighted by atomic mass is 9.83. The molecule has 29 heavy (non-hydrogen) atoms. The van der Waals surface area contributed by atoms with Crippen molar-refractivity contribution in [3.05, 3.63) is 41.6 Å². The van der Waals surface area contributed by atoms with E-state index < -0.39 is 5.60 Å². The minimum absolute atomic E-state index is 0.118. The van der Waals surface area contributed by atoms with Gasteiger partial charge in [-0.2, -0.15) is 4.98 Å². The molecule has 0 unspecified atom stereocenters. The lowest BCUT2D eigenvalue weighted by molar-refractivity contribution is -0.00973. The zero-order chi connectivity index (χ0) is 20.4. The molecule has 1 aliphatic heterocycles. The van der Waals surface area contributed by atoms with Gasteiger partial charge in [-0.1, -0.05) is 18.2 Å². The Morgan fingerprint density at radius 2 is 2.03 bits per heavy atom. The number of para-hydroxylation sites is 1. The predicted octanol–water partition coefficient (Wildman–Crippen LogP) is 2.62. The fraction of sp³-hybridized carbons (Fsp3) is 0.545. The summed E-state index contributed by atoms with van der Waals surface area (Å²) in [6.07, 6.45) is 3.32. The van der Waals surface area contributed by atoms with Gasteiger partial charge in [0.05, 0.1) is 26.4 Å². The van der Waals surface area contributed by atoms with Crippen LogP contribution in [0.2, 0.25) is 0 Å². The number of methoxy groups -OCH3 is 2. The summed E-state index contributed by atoms with van der Waals surface area (Å²) in [5, 5.41) is 11.7. The number of benzene rings is 1. The molecular formula is C22H29N3O4. The van der Waals surface area contributed by atoms with Crippen molar-refractivity contribution >= 4 is 0 Å². The molecule has 7 heteroatoms. The molecule has 156 valence electrons. The van der Waals surface area contributed by atoms with E-state index in [9.17, 15) is 5.11 Å². The smallest absolute Gasteiger partial charge is 0.319 e. The van der Waals surface area contributed by atoms with Crippen LogP contribution in [0.1, 0.15) is 30.9 Å². The molecule has 0 bridgehead atoms. The molecule has 2 fully saturated rings. The molecule has 1 aromatic carbocycles. The normalized spacial score (nSPS) is 26.3. The molecule has 3 atom stereocenters. The van der Waals surface area contributed by atoms with E-state index in [2.05, 4.69) is 20.9 Å². The van der Waals surface area contributed by atoms with Gasteiger partial charge >= 0.3 is 6.01 Å². The molecule has 2 heterocycles. The number of fused-ring (bicyclic) bond motifs is 1. The minimum atomic E-state index is -0.990. The summed E-state index contributed by atoms with van der Waals surface area (Å²) in [5.74, 6) is 1.88. The summed E-state index contributed by atoms with van der Waals surface area (Å²) in [5.41, 5.74) is 0.851. The van der Waals surface area contributed by atoms with E-state index in [0.717, 1.165) is 31.8 Å². The van der Waals surface area contributed by atoms with Crippen LogP contribution >= 0.6 is 0 Å². The number of likely N-dealkylation sites (tertiary alicyclic amines) is 1. The largest absolute Gasteiger partial charge is 0.494 e. The van der Waals surface area contributed by atoms with Crippen LogP contribution in [0.4, 0.5) is 0 Å². The minimum Gasteiger partial charge on any atom is -0.494 e. The van der Waals surface area contributed by atoms with Gasteiger partial charge in [0.1, 0.15) is 11.4 Å². The van der Waals surface area contributed by atoms with E-state index in [0.29, 0.717) is 30.4 Å². The molecule has 1 saturated heterocycles. The molecule has 1 aromatic heterocycles. The number of ether oxygens (including phenoxy) is 3. The first-order chi connectivity index (χ1) is 14.1. The van der Waals surface area contributed by atoms with Crippen LogP contribution in [0, 0.1) is 11.8 Å². The predicted molar refractivity (Wildman–Crippen MR) is 108 cm³/mol. The maximum Gasteiger partial charge on any atom is 0.319 e. The first kappa shape index (κ1) is 19.9. The highest BCUT2D eigenvalue weighted by molar-refractivity contribution is 5.35. The third kappa shape index (κ3) is 3.65. The topological polar surface area (TPSA) is 76.9 Å². The Labute approximate surface area is 171 Å². The van der Waals surface area contributed by atoms with Crippen molar-refractivity contribution in [2.75, 3.05) is 33.9 Å². The molecule has 0 radical (unpaired) electrons. The first-order valence-corrected chi connectivity index (χ1v) is 10.2. The van der Waals surface area contributed by atoms with Crippen molar-refractivity contribution in [3.8, 4) is 17.6 Å². The van der Waals surface area contributed by atoms with Crippen LogP contribution in [0.3, 0.4) is 0 Å². The Balaban J connectivity index is 1.55. The lowest BCUT2D eigenvalue weighted by Crippen LogP contribution is -2.35. The fourth-order valence-corrected chi connectivity index (χ4v) is 4.92. The van der Waals surface area contributed by atoms with Gasteiger partial charge in [0.25, 0.3) is 0 Å². The van der Waals surface area contributed by atoms with E-state index in [4.69, 9.17) is 14.2 Å². The molecule has 0 spiro atoms. The molecule has 1 saturated carbocycles. The van der Waals surface area contributed by atoms with Crippen molar-refractivity contribution in [2.24, 2.45) is 11.8 Å². The van der Waals surface area contributed by atoms with Crippen LogP contribution in [0.5, 0.6) is 17.6 Å². The number of hydrogen-bond donors (Lipinski definition) is 1. The second-order valence-corrected chi connectivity index (χ2v) is 7.84. The maximum absolute atomic E-state index is 11.7. The lowest BCUT2D eigenvalue weighted by Gasteiger charge is -2.31. The third-order valence-corrected chi connectivity index (χ3v) is 6.27. The van der Waals surface area contributed by atoms with Crippen molar-refractivity contribution < 1.29 is 19.3 Å². The molecule has 4 rings (SSSR count). The maximum atomic E-state index is 11.7. The summed E-state index contributed by atoms with van der Waals surface area (Å²) in [6.45, 7) is 5.25. The quantitative estimate of drug-likeness (QED) is 0.767. The summed E-state index contributed by atoms with van der Waals surface area (Å²) < 4.78 is 16.3. The zero-order valence-electron chi connectivity index (χ0n) is 17.3. The highest BCUT2D eigenvalue weighted by Gasteiger charge is 2.53.